The number of ether oxygens (including phenoxy) is 1. The van der Waals surface area contributed by atoms with Gasteiger partial charge in [0.15, 0.2) is 0 Å². The summed E-state index contributed by atoms with van der Waals surface area (Å²) in [5.41, 5.74) is 1.55. The van der Waals surface area contributed by atoms with Gasteiger partial charge in [0.1, 0.15) is 5.60 Å². The van der Waals surface area contributed by atoms with Gasteiger partial charge in [-0.2, -0.15) is 0 Å². The maximum absolute atomic E-state index is 12.3. The van der Waals surface area contributed by atoms with Crippen molar-refractivity contribution in [2.45, 2.75) is 51.7 Å². The van der Waals surface area contributed by atoms with Crippen LogP contribution in [0.3, 0.4) is 0 Å². The fraction of sp³-hybridized carbons (Fsp3) is 0.750. The average molecular weight is 434 g/mol. The molecule has 0 aliphatic carbocycles. The molecule has 0 saturated carbocycles. The van der Waals surface area contributed by atoms with E-state index in [1.165, 1.54) is 0 Å². The minimum atomic E-state index is -0.494. The molecule has 0 aromatic rings. The Morgan fingerprint density at radius 3 is 2.61 bits per heavy atom. The lowest BCUT2D eigenvalue weighted by Crippen LogP contribution is -2.45. The number of nitrogens with zero attached hydrogens (tertiary/aromatic N) is 1. The van der Waals surface area contributed by atoms with Crippen LogP contribution < -0.4 is 10.6 Å². The molecular formula is C16H27IN4O2. The number of hydrogen-bond acceptors (Lipinski definition) is 5. The smallest absolute Gasteiger partial charge is 0.410 e. The van der Waals surface area contributed by atoms with E-state index in [0.29, 0.717) is 22.8 Å². The summed E-state index contributed by atoms with van der Waals surface area (Å²) >= 11 is 2.03. The van der Waals surface area contributed by atoms with Crippen molar-refractivity contribution in [1.29, 1.82) is 5.41 Å². The first-order chi connectivity index (χ1) is 10.8. The molecule has 0 aromatic carbocycles. The molecule has 0 atom stereocenters. The van der Waals surface area contributed by atoms with Crippen LogP contribution >= 0.6 is 22.6 Å². The minimum Gasteiger partial charge on any atom is -0.444 e. The van der Waals surface area contributed by atoms with E-state index < -0.39 is 5.60 Å². The predicted octanol–water partition coefficient (Wildman–Crippen LogP) is 2.64. The van der Waals surface area contributed by atoms with Crippen molar-refractivity contribution in [3.63, 3.8) is 0 Å². The van der Waals surface area contributed by atoms with Crippen LogP contribution in [0, 0.1) is 5.41 Å². The van der Waals surface area contributed by atoms with Crippen molar-refractivity contribution >= 4 is 32.4 Å². The second-order valence-corrected chi connectivity index (χ2v) is 8.17. The van der Waals surface area contributed by atoms with Crippen molar-refractivity contribution in [2.75, 3.05) is 26.2 Å². The van der Waals surface area contributed by atoms with Crippen LogP contribution in [0.5, 0.6) is 0 Å². The number of carbonyl (C=O) groups is 1. The van der Waals surface area contributed by atoms with Gasteiger partial charge < -0.3 is 20.3 Å². The summed E-state index contributed by atoms with van der Waals surface area (Å²) in [5, 5.41) is 15.0. The third kappa shape index (κ3) is 5.63. The maximum atomic E-state index is 12.3. The van der Waals surface area contributed by atoms with Crippen LogP contribution in [0.15, 0.2) is 11.3 Å². The van der Waals surface area contributed by atoms with E-state index in [9.17, 15) is 4.79 Å². The number of amides is 1. The number of carbonyl (C=O) groups excluding carboxylic acids is 1. The highest BCUT2D eigenvalue weighted by atomic mass is 127. The van der Waals surface area contributed by atoms with E-state index in [4.69, 9.17) is 10.1 Å². The van der Waals surface area contributed by atoms with Crippen molar-refractivity contribution in [3.05, 3.63) is 11.3 Å². The van der Waals surface area contributed by atoms with Crippen molar-refractivity contribution < 1.29 is 9.53 Å². The average Bonchev–Trinajstić information content (AvgIpc) is 2.46. The summed E-state index contributed by atoms with van der Waals surface area (Å²) in [4.78, 5) is 14.0. The first kappa shape index (κ1) is 18.5. The first-order valence-corrected chi connectivity index (χ1v) is 9.26. The number of halogens is 1. The molecule has 1 fully saturated rings. The Hall–Kier alpha value is -0.830. The highest BCUT2D eigenvalue weighted by Crippen LogP contribution is 2.22. The highest BCUT2D eigenvalue weighted by Gasteiger charge is 2.29. The van der Waals surface area contributed by atoms with Gasteiger partial charge in [0, 0.05) is 30.3 Å². The molecule has 23 heavy (non-hydrogen) atoms. The highest BCUT2D eigenvalue weighted by molar-refractivity contribution is 14.1. The lowest BCUT2D eigenvalue weighted by molar-refractivity contribution is 0.0261. The third-order valence-electron chi connectivity index (χ3n) is 3.98. The molecule has 0 aromatic heterocycles. The molecule has 0 bridgehead atoms. The van der Waals surface area contributed by atoms with Crippen LogP contribution in [-0.2, 0) is 4.74 Å². The van der Waals surface area contributed by atoms with Gasteiger partial charge in [-0.25, -0.2) is 4.79 Å². The Morgan fingerprint density at radius 1 is 1.39 bits per heavy atom. The molecule has 0 radical (unpaired) electrons. The van der Waals surface area contributed by atoms with Gasteiger partial charge in [-0.3, -0.25) is 5.41 Å². The van der Waals surface area contributed by atoms with Gasteiger partial charge in [-0.15, -0.1) is 0 Å². The van der Waals surface area contributed by atoms with E-state index in [1.807, 2.05) is 43.4 Å². The molecule has 2 aliphatic rings. The van der Waals surface area contributed by atoms with E-state index >= 15 is 0 Å². The summed E-state index contributed by atoms with van der Waals surface area (Å²) in [6.45, 7) is 8.76. The Balaban J connectivity index is 2.04. The second kappa shape index (κ2) is 7.83. The molecular weight excluding hydrogens is 407 g/mol. The monoisotopic (exact) mass is 434 g/mol. The van der Waals surface area contributed by atoms with E-state index in [0.717, 1.165) is 43.6 Å². The Morgan fingerprint density at radius 2 is 2.04 bits per heavy atom. The summed E-state index contributed by atoms with van der Waals surface area (Å²) in [6, 6.07) is 0.463. The van der Waals surface area contributed by atoms with Gasteiger partial charge in [-0.1, -0.05) is 0 Å². The predicted molar refractivity (Wildman–Crippen MR) is 100 cm³/mol. The van der Waals surface area contributed by atoms with E-state index in [2.05, 4.69) is 10.6 Å². The lowest BCUT2D eigenvalue weighted by atomic mass is 10.0. The Kier molecular flexibility index (Phi) is 6.30. The van der Waals surface area contributed by atoms with Crippen LogP contribution in [0.25, 0.3) is 0 Å². The summed E-state index contributed by atoms with van der Waals surface area (Å²) in [7, 11) is 0. The number of piperidine rings is 1. The number of hydrogen-bond donors (Lipinski definition) is 3. The van der Waals surface area contributed by atoms with Crippen LogP contribution in [0.4, 0.5) is 4.79 Å². The summed E-state index contributed by atoms with van der Waals surface area (Å²) in [5.74, 6) is 0. The molecule has 1 saturated heterocycles. The molecule has 2 aliphatic heterocycles. The molecule has 130 valence electrons. The Labute approximate surface area is 152 Å². The van der Waals surface area contributed by atoms with Crippen LogP contribution in [-0.4, -0.2) is 52.5 Å². The number of nitrogens with one attached hydrogen (secondary N) is 3. The van der Waals surface area contributed by atoms with Gasteiger partial charge >= 0.3 is 6.09 Å². The van der Waals surface area contributed by atoms with Gasteiger partial charge in [0.25, 0.3) is 0 Å². The van der Waals surface area contributed by atoms with Crippen LogP contribution in [0.2, 0.25) is 0 Å². The largest absolute Gasteiger partial charge is 0.444 e. The molecule has 2 heterocycles. The fourth-order valence-electron chi connectivity index (χ4n) is 2.82. The fourth-order valence-corrected chi connectivity index (χ4v) is 3.32. The standard InChI is InChI=1S/C16H27IN4O2/c1-16(2,3)23-15(22)21-9-6-13(12(10-21)14(17)18)20-11-4-7-19-8-5-11/h11,18-20H,4-10H2,1-3H3. The quantitative estimate of drug-likeness (QED) is 0.472. The van der Waals surface area contributed by atoms with Crippen molar-refractivity contribution in [2.24, 2.45) is 0 Å². The van der Waals surface area contributed by atoms with Crippen molar-refractivity contribution in [3.8, 4) is 0 Å². The second-order valence-electron chi connectivity index (χ2n) is 7.09. The summed E-state index contributed by atoms with van der Waals surface area (Å²) < 4.78 is 5.95. The molecule has 0 unspecified atom stereocenters. The topological polar surface area (TPSA) is 77.5 Å². The zero-order valence-corrected chi connectivity index (χ0v) is 16.3. The molecule has 7 heteroatoms. The van der Waals surface area contributed by atoms with Gasteiger partial charge in [0.05, 0.1) is 10.3 Å². The van der Waals surface area contributed by atoms with E-state index in [-0.39, 0.29) is 6.09 Å². The normalized spacial score (nSPS) is 20.4. The maximum Gasteiger partial charge on any atom is 0.410 e. The number of rotatable bonds is 3. The SMILES string of the molecule is CC(C)(C)OC(=O)N1CCC(NC2CCNCC2)=C(C(=N)I)C1. The van der Waals surface area contributed by atoms with Crippen LogP contribution in [0.1, 0.15) is 40.0 Å². The molecule has 6 nitrogen and oxygen atoms in total. The minimum absolute atomic E-state index is 0.298. The summed E-state index contributed by atoms with van der Waals surface area (Å²) in [6.07, 6.45) is 2.65. The molecule has 3 N–H and O–H groups in total. The Bertz CT molecular complexity index is 493. The zero-order chi connectivity index (χ0) is 17.0. The van der Waals surface area contributed by atoms with Crippen molar-refractivity contribution in [1.82, 2.24) is 15.5 Å². The first-order valence-electron chi connectivity index (χ1n) is 8.18. The molecule has 2 rings (SSSR count). The molecule has 0 spiro atoms. The zero-order valence-electron chi connectivity index (χ0n) is 14.2. The van der Waals surface area contributed by atoms with E-state index in [1.54, 1.807) is 4.90 Å². The lowest BCUT2D eigenvalue weighted by Gasteiger charge is -2.34. The third-order valence-corrected chi connectivity index (χ3v) is 4.63. The van der Waals surface area contributed by atoms with Gasteiger partial charge in [-0.05, 0) is 69.3 Å². The van der Waals surface area contributed by atoms with Gasteiger partial charge in [0.2, 0.25) is 0 Å². The molecule has 1 amide bonds.